The average molecular weight is 234 g/mol. The van der Waals surface area contributed by atoms with Crippen LogP contribution in [0.2, 0.25) is 0 Å². The van der Waals surface area contributed by atoms with E-state index in [9.17, 15) is 5.11 Å². The summed E-state index contributed by atoms with van der Waals surface area (Å²) in [6.45, 7) is 6.29. The summed E-state index contributed by atoms with van der Waals surface area (Å²) in [5, 5.41) is 10.2. The number of ether oxygens (including phenoxy) is 1. The van der Waals surface area contributed by atoms with Crippen LogP contribution < -0.4 is 4.74 Å². The van der Waals surface area contributed by atoms with Crippen molar-refractivity contribution in [2.75, 3.05) is 7.11 Å². The highest BCUT2D eigenvalue weighted by molar-refractivity contribution is 5.46. The van der Waals surface area contributed by atoms with Gasteiger partial charge in [-0.15, -0.1) is 0 Å². The second-order valence-electron chi connectivity index (χ2n) is 5.38. The summed E-state index contributed by atoms with van der Waals surface area (Å²) in [5.74, 6) is 1.45. The van der Waals surface area contributed by atoms with Crippen molar-refractivity contribution in [2.24, 2.45) is 5.92 Å². The standard InChI is InChI=1S/C15H22O2/c1-10-8-9-12-13(15(10,3)11(2)16)6-5-7-14(12)17-4/h5-7,10-11,16H,8-9H2,1-4H3/t10-,11?,15-/m1/s1. The molecule has 94 valence electrons. The van der Waals surface area contributed by atoms with Crippen molar-refractivity contribution in [3.63, 3.8) is 0 Å². The van der Waals surface area contributed by atoms with Crippen LogP contribution in [0, 0.1) is 5.92 Å². The van der Waals surface area contributed by atoms with Crippen LogP contribution in [-0.2, 0) is 11.8 Å². The molecule has 0 spiro atoms. The van der Waals surface area contributed by atoms with Crippen molar-refractivity contribution in [3.8, 4) is 5.75 Å². The summed E-state index contributed by atoms with van der Waals surface area (Å²) in [6, 6.07) is 6.17. The van der Waals surface area contributed by atoms with E-state index in [2.05, 4.69) is 19.9 Å². The van der Waals surface area contributed by atoms with Gasteiger partial charge in [0.15, 0.2) is 0 Å². The summed E-state index contributed by atoms with van der Waals surface area (Å²) in [4.78, 5) is 0. The highest BCUT2D eigenvalue weighted by atomic mass is 16.5. The molecule has 0 heterocycles. The quantitative estimate of drug-likeness (QED) is 0.852. The van der Waals surface area contributed by atoms with Crippen LogP contribution in [0.15, 0.2) is 18.2 Å². The summed E-state index contributed by atoms with van der Waals surface area (Å²) < 4.78 is 5.44. The van der Waals surface area contributed by atoms with Crippen molar-refractivity contribution < 1.29 is 9.84 Å². The molecule has 1 aliphatic carbocycles. The molecule has 0 aromatic heterocycles. The van der Waals surface area contributed by atoms with E-state index in [-0.39, 0.29) is 11.5 Å². The summed E-state index contributed by atoms with van der Waals surface area (Å²) in [6.07, 6.45) is 1.81. The number of hydrogen-bond acceptors (Lipinski definition) is 2. The second kappa shape index (κ2) is 4.34. The molecule has 0 saturated carbocycles. The molecule has 1 aliphatic rings. The first-order chi connectivity index (χ1) is 8.01. The third-order valence-electron chi connectivity index (χ3n) is 4.65. The normalized spacial score (nSPS) is 29.6. The molecule has 0 radical (unpaired) electrons. The molecule has 0 aliphatic heterocycles. The summed E-state index contributed by atoms with van der Waals surface area (Å²) in [7, 11) is 1.72. The molecule has 0 bridgehead atoms. The third-order valence-corrected chi connectivity index (χ3v) is 4.65. The summed E-state index contributed by atoms with van der Waals surface area (Å²) in [5.41, 5.74) is 2.37. The zero-order valence-electron chi connectivity index (χ0n) is 11.2. The van der Waals surface area contributed by atoms with Gasteiger partial charge in [-0.1, -0.05) is 26.0 Å². The molecule has 1 aromatic carbocycles. The van der Waals surface area contributed by atoms with Crippen molar-refractivity contribution in [1.82, 2.24) is 0 Å². The van der Waals surface area contributed by atoms with Crippen LogP contribution in [-0.4, -0.2) is 18.3 Å². The van der Waals surface area contributed by atoms with E-state index in [4.69, 9.17) is 4.74 Å². The number of fused-ring (bicyclic) bond motifs is 1. The lowest BCUT2D eigenvalue weighted by Crippen LogP contribution is -2.44. The maximum atomic E-state index is 10.2. The molecule has 1 aromatic rings. The molecule has 0 saturated heterocycles. The SMILES string of the molecule is COc1cccc2c1CC[C@@H](C)[C@]2(C)C(C)O. The van der Waals surface area contributed by atoms with Crippen LogP contribution in [0.1, 0.15) is 38.3 Å². The predicted octanol–water partition coefficient (Wildman–Crippen LogP) is 2.92. The maximum Gasteiger partial charge on any atom is 0.122 e. The fourth-order valence-corrected chi connectivity index (χ4v) is 3.08. The predicted molar refractivity (Wildman–Crippen MR) is 69.5 cm³/mol. The van der Waals surface area contributed by atoms with E-state index < -0.39 is 0 Å². The first-order valence-electron chi connectivity index (χ1n) is 6.36. The Balaban J connectivity index is 2.60. The molecule has 3 atom stereocenters. The van der Waals surface area contributed by atoms with E-state index >= 15 is 0 Å². The number of aliphatic hydroxyl groups is 1. The Morgan fingerprint density at radius 3 is 2.76 bits per heavy atom. The van der Waals surface area contributed by atoms with Crippen LogP contribution >= 0.6 is 0 Å². The Kier molecular flexibility index (Phi) is 3.17. The van der Waals surface area contributed by atoms with Crippen LogP contribution in [0.3, 0.4) is 0 Å². The molecule has 2 nitrogen and oxygen atoms in total. The van der Waals surface area contributed by atoms with Gasteiger partial charge in [-0.05, 0) is 42.9 Å². The number of benzene rings is 1. The molecule has 0 amide bonds. The molecule has 1 unspecified atom stereocenters. The Labute approximate surface area is 104 Å². The zero-order valence-corrected chi connectivity index (χ0v) is 11.2. The van der Waals surface area contributed by atoms with Gasteiger partial charge in [-0.2, -0.15) is 0 Å². The Bertz CT molecular complexity index is 411. The van der Waals surface area contributed by atoms with Crippen LogP contribution in [0.25, 0.3) is 0 Å². The fraction of sp³-hybridized carbons (Fsp3) is 0.600. The minimum absolute atomic E-state index is 0.165. The lowest BCUT2D eigenvalue weighted by molar-refractivity contribution is 0.0619. The van der Waals surface area contributed by atoms with Gasteiger partial charge in [0.05, 0.1) is 13.2 Å². The molecule has 0 fully saturated rings. The topological polar surface area (TPSA) is 29.5 Å². The lowest BCUT2D eigenvalue weighted by Gasteiger charge is -2.44. The van der Waals surface area contributed by atoms with E-state index in [0.717, 1.165) is 18.6 Å². The van der Waals surface area contributed by atoms with E-state index in [0.29, 0.717) is 5.92 Å². The molecular formula is C15H22O2. The highest BCUT2D eigenvalue weighted by Gasteiger charge is 2.42. The van der Waals surface area contributed by atoms with Crippen LogP contribution in [0.4, 0.5) is 0 Å². The molecule has 2 heteroatoms. The van der Waals surface area contributed by atoms with Crippen molar-refractivity contribution >= 4 is 0 Å². The van der Waals surface area contributed by atoms with E-state index in [1.165, 1.54) is 11.1 Å². The first kappa shape index (κ1) is 12.4. The Hall–Kier alpha value is -1.02. The Morgan fingerprint density at radius 2 is 2.18 bits per heavy atom. The van der Waals surface area contributed by atoms with E-state index in [1.54, 1.807) is 7.11 Å². The lowest BCUT2D eigenvalue weighted by atomic mass is 9.62. The van der Waals surface area contributed by atoms with Gasteiger partial charge in [0.1, 0.15) is 5.75 Å². The molecule has 17 heavy (non-hydrogen) atoms. The van der Waals surface area contributed by atoms with Gasteiger partial charge in [0, 0.05) is 5.41 Å². The number of hydrogen-bond donors (Lipinski definition) is 1. The van der Waals surface area contributed by atoms with Crippen molar-refractivity contribution in [2.45, 2.75) is 45.1 Å². The number of methoxy groups -OCH3 is 1. The highest BCUT2D eigenvalue weighted by Crippen LogP contribution is 2.46. The first-order valence-corrected chi connectivity index (χ1v) is 6.36. The Morgan fingerprint density at radius 1 is 1.47 bits per heavy atom. The zero-order chi connectivity index (χ0) is 12.6. The maximum absolute atomic E-state index is 10.2. The molecule has 2 rings (SSSR count). The third kappa shape index (κ3) is 1.75. The average Bonchev–Trinajstić information content (AvgIpc) is 2.33. The van der Waals surface area contributed by atoms with Gasteiger partial charge in [0.25, 0.3) is 0 Å². The largest absolute Gasteiger partial charge is 0.496 e. The van der Waals surface area contributed by atoms with Gasteiger partial charge in [-0.25, -0.2) is 0 Å². The molecule has 1 N–H and O–H groups in total. The monoisotopic (exact) mass is 234 g/mol. The number of rotatable bonds is 2. The van der Waals surface area contributed by atoms with Gasteiger partial charge < -0.3 is 9.84 Å². The molecular weight excluding hydrogens is 212 g/mol. The fourth-order valence-electron chi connectivity index (χ4n) is 3.08. The minimum atomic E-state index is -0.344. The minimum Gasteiger partial charge on any atom is -0.496 e. The number of aliphatic hydroxyl groups excluding tert-OH is 1. The van der Waals surface area contributed by atoms with Crippen molar-refractivity contribution in [3.05, 3.63) is 29.3 Å². The van der Waals surface area contributed by atoms with Crippen LogP contribution in [0.5, 0.6) is 5.75 Å². The van der Waals surface area contributed by atoms with Gasteiger partial charge in [0.2, 0.25) is 0 Å². The smallest absolute Gasteiger partial charge is 0.122 e. The van der Waals surface area contributed by atoms with Crippen molar-refractivity contribution in [1.29, 1.82) is 0 Å². The van der Waals surface area contributed by atoms with Gasteiger partial charge >= 0.3 is 0 Å². The second-order valence-corrected chi connectivity index (χ2v) is 5.38. The van der Waals surface area contributed by atoms with Gasteiger partial charge in [-0.3, -0.25) is 0 Å². The van der Waals surface area contributed by atoms with E-state index in [1.807, 2.05) is 19.1 Å². The summed E-state index contributed by atoms with van der Waals surface area (Å²) >= 11 is 0.